The number of ether oxygens (including phenoxy) is 2. The molecule has 4 unspecified atom stereocenters. The van der Waals surface area contributed by atoms with Gasteiger partial charge in [0.05, 0.1) is 29.8 Å². The van der Waals surface area contributed by atoms with Crippen LogP contribution in [0.1, 0.15) is 138 Å². The number of rotatable bonds is 11. The van der Waals surface area contributed by atoms with Gasteiger partial charge in [0.25, 0.3) is 0 Å². The topological polar surface area (TPSA) is 111 Å². The summed E-state index contributed by atoms with van der Waals surface area (Å²) >= 11 is 1.14. The molecule has 0 bridgehead atoms. The number of carbonyl (C=O) groups is 1. The molecule has 9 atom stereocenters. The van der Waals surface area contributed by atoms with Crippen molar-refractivity contribution >= 4 is 27.5 Å². The maximum Gasteiger partial charge on any atom is 0.315 e. The van der Waals surface area contributed by atoms with Gasteiger partial charge in [-0.1, -0.05) is 65.3 Å². The second-order valence-corrected chi connectivity index (χ2v) is 24.0. The molecule has 9 nitrogen and oxygen atoms in total. The summed E-state index contributed by atoms with van der Waals surface area (Å²) in [4.78, 5) is 15.9. The number of aryl methyl sites for hydroxylation is 1. The van der Waals surface area contributed by atoms with Crippen LogP contribution in [0.15, 0.2) is 35.5 Å². The number of esters is 1. The quantitative estimate of drug-likeness (QED) is 0.172. The molecule has 7 rings (SSSR count). The Morgan fingerprint density at radius 3 is 2.37 bits per heavy atom. The van der Waals surface area contributed by atoms with Crippen LogP contribution < -0.4 is 10.1 Å². The summed E-state index contributed by atoms with van der Waals surface area (Å²) in [6.45, 7) is 27.4. The van der Waals surface area contributed by atoms with Crippen molar-refractivity contribution in [3.8, 4) is 5.88 Å². The Balaban J connectivity index is 1.09. The van der Waals surface area contributed by atoms with Crippen LogP contribution in [0.4, 0.5) is 0 Å². The fourth-order valence-corrected chi connectivity index (χ4v) is 15.8. The van der Waals surface area contributed by atoms with E-state index in [1.807, 2.05) is 13.8 Å². The number of hydrogen-bond donors (Lipinski definition) is 1. The summed E-state index contributed by atoms with van der Waals surface area (Å²) < 4.78 is 44.6. The van der Waals surface area contributed by atoms with Crippen LogP contribution in [-0.4, -0.2) is 84.5 Å². The van der Waals surface area contributed by atoms with Crippen molar-refractivity contribution in [2.75, 3.05) is 50.9 Å². The molecule has 59 heavy (non-hydrogen) atoms. The molecule has 4 fully saturated rings. The molecule has 1 aromatic rings. The first-order valence-electron chi connectivity index (χ1n) is 23.2. The van der Waals surface area contributed by atoms with E-state index in [4.69, 9.17) is 9.47 Å². The molecular formula is C48H76N4O5S2. The van der Waals surface area contributed by atoms with E-state index in [0.29, 0.717) is 79.5 Å². The van der Waals surface area contributed by atoms with E-state index in [9.17, 15) is 13.2 Å². The van der Waals surface area contributed by atoms with Crippen LogP contribution in [0.25, 0.3) is 0 Å². The highest BCUT2D eigenvalue weighted by Crippen LogP contribution is 2.68. The van der Waals surface area contributed by atoms with E-state index in [2.05, 4.69) is 79.2 Å². The molecule has 1 N–H and O–H groups in total. The lowest BCUT2D eigenvalue weighted by atomic mass is 9.40. The van der Waals surface area contributed by atoms with Crippen molar-refractivity contribution < 1.29 is 22.7 Å². The van der Waals surface area contributed by atoms with Gasteiger partial charge in [0.1, 0.15) is 17.7 Å². The zero-order chi connectivity index (χ0) is 42.4. The number of nitrogens with zero attached hydrogens (tertiary/aromatic N) is 3. The number of sulfone groups is 1. The summed E-state index contributed by atoms with van der Waals surface area (Å²) in [6.07, 6.45) is 19.4. The van der Waals surface area contributed by atoms with Crippen LogP contribution in [0.3, 0.4) is 0 Å². The average molecular weight is 853 g/mol. The molecule has 3 saturated carbocycles. The summed E-state index contributed by atoms with van der Waals surface area (Å²) in [5, 5.41) is 4.22. The molecule has 0 radical (unpaired) electrons. The van der Waals surface area contributed by atoms with E-state index >= 15 is 0 Å². The first-order chi connectivity index (χ1) is 27.9. The van der Waals surface area contributed by atoms with Crippen LogP contribution in [0, 0.1) is 58.2 Å². The second-order valence-electron chi connectivity index (χ2n) is 21.1. The second kappa shape index (κ2) is 17.2. The zero-order valence-corrected chi connectivity index (χ0v) is 39.4. The molecule has 6 aliphatic rings. The Bertz CT molecular complexity index is 1880. The number of nitrogens with one attached hydrogen (secondary N) is 1. The fraction of sp³-hybridized carbons (Fsp3) is 0.812. The number of aromatic nitrogens is 2. The summed E-state index contributed by atoms with van der Waals surface area (Å²) in [5.41, 5.74) is 4.94. The zero-order valence-electron chi connectivity index (χ0n) is 37.8. The van der Waals surface area contributed by atoms with E-state index in [1.165, 1.54) is 74.5 Å². The summed E-state index contributed by atoms with van der Waals surface area (Å²) in [6, 6.07) is 0. The minimum Gasteiger partial charge on any atom is -0.475 e. The van der Waals surface area contributed by atoms with E-state index < -0.39 is 15.3 Å². The van der Waals surface area contributed by atoms with Gasteiger partial charge in [-0.2, -0.15) is 4.37 Å². The van der Waals surface area contributed by atoms with Crippen molar-refractivity contribution in [1.82, 2.24) is 19.0 Å². The third-order valence-corrected chi connectivity index (χ3v) is 19.9. The summed E-state index contributed by atoms with van der Waals surface area (Å²) in [5.74, 6) is 3.94. The normalized spacial score (nSPS) is 38.5. The molecule has 0 amide bonds. The van der Waals surface area contributed by atoms with Crippen molar-refractivity contribution in [3.63, 3.8) is 0 Å². The molecule has 330 valence electrons. The monoisotopic (exact) mass is 853 g/mol. The standard InChI is InChI=1S/C48H76N4O5S2/c1-10-56-43(53)47(32-57-42-35(5)50-58-51-42)22-15-36(16-23-47)38-18-20-46(9)40(44(38,6)7)19-21-45(8)34(4)14-24-48(49-26-27-52-28-30-59(54,55)31-29-52)25-17-37(33(2)3)39(48)12-11-13-41(45)46/h15,18,34,37,39-41,49H,2,10-14,16-17,19-32H2,1,3-9H3/t34-,37+,39?,40?,41?,45+,46+,47?,48-/m1/s1. The lowest BCUT2D eigenvalue weighted by Gasteiger charge is -2.64. The van der Waals surface area contributed by atoms with Crippen LogP contribution in [0.2, 0.25) is 0 Å². The van der Waals surface area contributed by atoms with E-state index in [1.54, 1.807) is 0 Å². The Labute approximate surface area is 361 Å². The van der Waals surface area contributed by atoms with Crippen LogP contribution in [0.5, 0.6) is 5.88 Å². The summed E-state index contributed by atoms with van der Waals surface area (Å²) in [7, 11) is -2.87. The van der Waals surface area contributed by atoms with Gasteiger partial charge in [-0.3, -0.25) is 4.79 Å². The molecule has 1 aliphatic heterocycles. The fourth-order valence-electron chi connectivity index (χ4n) is 14.0. The minimum atomic E-state index is -2.87. The van der Waals surface area contributed by atoms with Gasteiger partial charge in [-0.05, 0) is 155 Å². The Hall–Kier alpha value is -2.08. The third kappa shape index (κ3) is 8.55. The van der Waals surface area contributed by atoms with Crippen molar-refractivity contribution in [3.05, 3.63) is 41.1 Å². The SMILES string of the molecule is C=C(C)[C@@H]1CC[C@]2(NCCN3CCS(=O)(=O)CC3)CC[C@@H](C)[C@]3(C)CCC4C(C)(C)C(C5=CCC(COc6nsnc6C)(C(=O)OCC)CC5)=CC[C@]4(C)C3CCCC12. The third-order valence-electron chi connectivity index (χ3n) is 17.7. The van der Waals surface area contributed by atoms with Crippen LogP contribution >= 0.6 is 11.7 Å². The number of hydrogen-bond acceptors (Lipinski definition) is 10. The Morgan fingerprint density at radius 2 is 1.71 bits per heavy atom. The van der Waals surface area contributed by atoms with Gasteiger partial charge in [-0.25, -0.2) is 8.42 Å². The maximum atomic E-state index is 13.5. The lowest BCUT2D eigenvalue weighted by molar-refractivity contribution is -0.158. The first kappa shape index (κ1) is 45.0. The Kier molecular flexibility index (Phi) is 13.1. The molecule has 0 aromatic carbocycles. The van der Waals surface area contributed by atoms with Gasteiger partial charge in [-0.15, -0.1) is 4.37 Å². The highest BCUT2D eigenvalue weighted by atomic mass is 32.2. The van der Waals surface area contributed by atoms with Gasteiger partial charge in [0.15, 0.2) is 9.84 Å². The molecule has 1 saturated heterocycles. The predicted molar refractivity (Wildman–Crippen MR) is 239 cm³/mol. The largest absolute Gasteiger partial charge is 0.475 e. The minimum absolute atomic E-state index is 0.0244. The van der Waals surface area contributed by atoms with Crippen molar-refractivity contribution in [1.29, 1.82) is 0 Å². The molecule has 5 aliphatic carbocycles. The Morgan fingerprint density at radius 1 is 0.966 bits per heavy atom. The number of carbonyl (C=O) groups excluding carboxylic acids is 1. The number of fused-ring (bicyclic) bond motifs is 4. The first-order valence-corrected chi connectivity index (χ1v) is 25.8. The molecule has 1 aromatic heterocycles. The van der Waals surface area contributed by atoms with Gasteiger partial charge < -0.3 is 19.7 Å². The molecule has 2 heterocycles. The van der Waals surface area contributed by atoms with Crippen molar-refractivity contribution in [2.45, 2.75) is 144 Å². The predicted octanol–water partition coefficient (Wildman–Crippen LogP) is 9.54. The molecular weight excluding hydrogens is 777 g/mol. The van der Waals surface area contributed by atoms with Crippen LogP contribution in [-0.2, 0) is 19.4 Å². The molecule has 0 spiro atoms. The average Bonchev–Trinajstić information content (AvgIpc) is 3.77. The lowest BCUT2D eigenvalue weighted by Crippen LogP contribution is -2.57. The highest BCUT2D eigenvalue weighted by molar-refractivity contribution is 7.91. The van der Waals surface area contributed by atoms with Gasteiger partial charge in [0, 0.05) is 31.7 Å². The van der Waals surface area contributed by atoms with E-state index in [0.717, 1.165) is 43.4 Å². The molecule has 11 heteroatoms. The maximum absolute atomic E-state index is 13.5. The smallest absolute Gasteiger partial charge is 0.315 e. The van der Waals surface area contributed by atoms with Crippen molar-refractivity contribution in [2.24, 2.45) is 51.2 Å². The van der Waals surface area contributed by atoms with Gasteiger partial charge >= 0.3 is 5.97 Å². The van der Waals surface area contributed by atoms with E-state index in [-0.39, 0.29) is 34.4 Å². The van der Waals surface area contributed by atoms with Gasteiger partial charge in [0.2, 0.25) is 5.88 Å². The number of allylic oxidation sites excluding steroid dienone is 5. The highest BCUT2D eigenvalue weighted by Gasteiger charge is 2.61.